The summed E-state index contributed by atoms with van der Waals surface area (Å²) in [6.45, 7) is 5.89. The van der Waals surface area contributed by atoms with Crippen LogP contribution < -0.4 is 5.73 Å². The molecule has 4 heteroatoms. The van der Waals surface area contributed by atoms with Crippen molar-refractivity contribution >= 4 is 11.6 Å². The summed E-state index contributed by atoms with van der Waals surface area (Å²) < 4.78 is 1.96. The molecule has 0 spiro atoms. The molecule has 0 fully saturated rings. The van der Waals surface area contributed by atoms with E-state index in [4.69, 9.17) is 17.3 Å². The average molecular weight is 250 g/mol. The Morgan fingerprint density at radius 3 is 2.65 bits per heavy atom. The first-order chi connectivity index (χ1) is 7.89. The summed E-state index contributed by atoms with van der Waals surface area (Å²) in [6.07, 6.45) is 3.54. The van der Waals surface area contributed by atoms with E-state index in [9.17, 15) is 0 Å². The number of imidazole rings is 1. The van der Waals surface area contributed by atoms with E-state index in [1.54, 1.807) is 12.5 Å². The zero-order valence-electron chi connectivity index (χ0n) is 10.2. The summed E-state index contributed by atoms with van der Waals surface area (Å²) in [6, 6.07) is 5.93. The van der Waals surface area contributed by atoms with Crippen molar-refractivity contribution in [3.8, 4) is 5.69 Å². The fraction of sp³-hybridized carbons (Fsp3) is 0.308. The van der Waals surface area contributed by atoms with Crippen LogP contribution in [0.3, 0.4) is 0 Å². The van der Waals surface area contributed by atoms with E-state index < -0.39 is 5.54 Å². The minimum Gasteiger partial charge on any atom is -0.321 e. The Morgan fingerprint density at radius 1 is 1.35 bits per heavy atom. The highest BCUT2D eigenvalue weighted by Crippen LogP contribution is 2.24. The monoisotopic (exact) mass is 249 g/mol. The standard InChI is InChI=1S/C13H16ClN3/c1-9-4-5-10(6-11(9)14)17-8-16-7-12(17)13(2,3)15/h4-8H,15H2,1-3H3. The number of aromatic nitrogens is 2. The molecule has 3 nitrogen and oxygen atoms in total. The van der Waals surface area contributed by atoms with Crippen molar-refractivity contribution in [3.63, 3.8) is 0 Å². The number of halogens is 1. The van der Waals surface area contributed by atoms with Gasteiger partial charge < -0.3 is 10.3 Å². The maximum atomic E-state index is 6.13. The van der Waals surface area contributed by atoms with Crippen LogP contribution in [0.2, 0.25) is 5.02 Å². The topological polar surface area (TPSA) is 43.8 Å². The van der Waals surface area contributed by atoms with E-state index in [0.29, 0.717) is 0 Å². The molecule has 2 N–H and O–H groups in total. The van der Waals surface area contributed by atoms with E-state index in [1.807, 2.05) is 43.5 Å². The Bertz CT molecular complexity index is 538. The number of aryl methyl sites for hydroxylation is 1. The second-order valence-corrected chi connectivity index (χ2v) is 5.21. The zero-order valence-corrected chi connectivity index (χ0v) is 11.0. The number of benzene rings is 1. The van der Waals surface area contributed by atoms with Gasteiger partial charge in [0.25, 0.3) is 0 Å². The van der Waals surface area contributed by atoms with Gasteiger partial charge in [-0.15, -0.1) is 0 Å². The molecule has 0 aliphatic rings. The third kappa shape index (κ3) is 2.35. The summed E-state index contributed by atoms with van der Waals surface area (Å²) in [7, 11) is 0. The SMILES string of the molecule is Cc1ccc(-n2cncc2C(C)(C)N)cc1Cl. The molecule has 0 amide bonds. The second kappa shape index (κ2) is 4.17. The molecule has 0 radical (unpaired) electrons. The minimum atomic E-state index is -0.437. The third-order valence-electron chi connectivity index (χ3n) is 2.73. The Morgan fingerprint density at radius 2 is 2.06 bits per heavy atom. The van der Waals surface area contributed by atoms with Crippen LogP contribution >= 0.6 is 11.6 Å². The quantitative estimate of drug-likeness (QED) is 0.889. The van der Waals surface area contributed by atoms with Crippen LogP contribution in [0.15, 0.2) is 30.7 Å². The molecule has 0 aliphatic heterocycles. The lowest BCUT2D eigenvalue weighted by atomic mass is 10.0. The van der Waals surface area contributed by atoms with Crippen molar-refractivity contribution < 1.29 is 0 Å². The molecule has 1 aromatic heterocycles. The molecule has 0 saturated carbocycles. The van der Waals surface area contributed by atoms with E-state index in [2.05, 4.69) is 4.98 Å². The first kappa shape index (κ1) is 12.1. The van der Waals surface area contributed by atoms with Crippen LogP contribution in [-0.4, -0.2) is 9.55 Å². The molecular formula is C13H16ClN3. The van der Waals surface area contributed by atoms with Gasteiger partial charge >= 0.3 is 0 Å². The lowest BCUT2D eigenvalue weighted by Gasteiger charge is -2.20. The summed E-state index contributed by atoms with van der Waals surface area (Å²) in [5, 5.41) is 0.747. The smallest absolute Gasteiger partial charge is 0.0994 e. The minimum absolute atomic E-state index is 0.437. The molecule has 90 valence electrons. The number of hydrogen-bond donors (Lipinski definition) is 1. The van der Waals surface area contributed by atoms with E-state index in [-0.39, 0.29) is 0 Å². The Kier molecular flexibility index (Phi) is 2.98. The molecule has 1 aromatic carbocycles. The molecule has 2 rings (SSSR count). The highest BCUT2D eigenvalue weighted by molar-refractivity contribution is 6.31. The van der Waals surface area contributed by atoms with Gasteiger partial charge in [-0.3, -0.25) is 0 Å². The Labute approximate surface area is 106 Å². The third-order valence-corrected chi connectivity index (χ3v) is 3.14. The summed E-state index contributed by atoms with van der Waals surface area (Å²) in [4.78, 5) is 4.16. The Hall–Kier alpha value is -1.32. The van der Waals surface area contributed by atoms with Crippen molar-refractivity contribution in [2.24, 2.45) is 5.73 Å². The number of hydrogen-bond acceptors (Lipinski definition) is 2. The normalized spacial score (nSPS) is 11.8. The maximum absolute atomic E-state index is 6.13. The van der Waals surface area contributed by atoms with Gasteiger partial charge in [0, 0.05) is 10.7 Å². The lowest BCUT2D eigenvalue weighted by Crippen LogP contribution is -2.31. The van der Waals surface area contributed by atoms with Gasteiger partial charge in [-0.2, -0.15) is 0 Å². The van der Waals surface area contributed by atoms with Crippen molar-refractivity contribution in [1.82, 2.24) is 9.55 Å². The van der Waals surface area contributed by atoms with Crippen LogP contribution in [-0.2, 0) is 5.54 Å². The zero-order chi connectivity index (χ0) is 12.6. The van der Waals surface area contributed by atoms with E-state index >= 15 is 0 Å². The van der Waals surface area contributed by atoms with Gasteiger partial charge in [-0.05, 0) is 38.5 Å². The molecule has 2 aromatic rings. The molecule has 1 heterocycles. The van der Waals surface area contributed by atoms with Crippen LogP contribution in [0.1, 0.15) is 25.1 Å². The molecule has 0 saturated heterocycles. The second-order valence-electron chi connectivity index (χ2n) is 4.80. The maximum Gasteiger partial charge on any atom is 0.0994 e. The van der Waals surface area contributed by atoms with Gasteiger partial charge in [0.1, 0.15) is 0 Å². The van der Waals surface area contributed by atoms with Crippen molar-refractivity contribution in [2.75, 3.05) is 0 Å². The molecule has 0 bridgehead atoms. The van der Waals surface area contributed by atoms with Crippen molar-refractivity contribution in [1.29, 1.82) is 0 Å². The van der Waals surface area contributed by atoms with E-state index in [0.717, 1.165) is 22.0 Å². The molecular weight excluding hydrogens is 234 g/mol. The lowest BCUT2D eigenvalue weighted by molar-refractivity contribution is 0.524. The molecule has 0 atom stereocenters. The molecule has 0 unspecified atom stereocenters. The summed E-state index contributed by atoms with van der Waals surface area (Å²) in [5.41, 5.74) is 8.67. The number of nitrogens with two attached hydrogens (primary N) is 1. The van der Waals surface area contributed by atoms with E-state index in [1.165, 1.54) is 0 Å². The van der Waals surface area contributed by atoms with Crippen molar-refractivity contribution in [2.45, 2.75) is 26.3 Å². The molecule has 0 aliphatic carbocycles. The van der Waals surface area contributed by atoms with Crippen LogP contribution in [0.25, 0.3) is 5.69 Å². The van der Waals surface area contributed by atoms with Gasteiger partial charge in [-0.25, -0.2) is 4.98 Å². The predicted octanol–water partition coefficient (Wildman–Crippen LogP) is 3.03. The first-order valence-corrected chi connectivity index (χ1v) is 5.85. The summed E-state index contributed by atoms with van der Waals surface area (Å²) >= 11 is 6.13. The average Bonchev–Trinajstić information content (AvgIpc) is 2.70. The van der Waals surface area contributed by atoms with Gasteiger partial charge in [0.15, 0.2) is 0 Å². The number of rotatable bonds is 2. The van der Waals surface area contributed by atoms with Crippen LogP contribution in [0.4, 0.5) is 0 Å². The van der Waals surface area contributed by atoms with Crippen LogP contribution in [0.5, 0.6) is 0 Å². The van der Waals surface area contributed by atoms with Crippen LogP contribution in [0, 0.1) is 6.92 Å². The molecule has 17 heavy (non-hydrogen) atoms. The van der Waals surface area contributed by atoms with Gasteiger partial charge in [-0.1, -0.05) is 17.7 Å². The largest absolute Gasteiger partial charge is 0.321 e. The van der Waals surface area contributed by atoms with Crippen molar-refractivity contribution in [3.05, 3.63) is 47.0 Å². The highest BCUT2D eigenvalue weighted by atomic mass is 35.5. The fourth-order valence-corrected chi connectivity index (χ4v) is 1.88. The highest BCUT2D eigenvalue weighted by Gasteiger charge is 2.19. The fourth-order valence-electron chi connectivity index (χ4n) is 1.71. The Balaban J connectivity index is 2.54. The van der Waals surface area contributed by atoms with Gasteiger partial charge in [0.2, 0.25) is 0 Å². The summed E-state index contributed by atoms with van der Waals surface area (Å²) in [5.74, 6) is 0. The number of nitrogens with zero attached hydrogens (tertiary/aromatic N) is 2. The first-order valence-electron chi connectivity index (χ1n) is 5.48. The van der Waals surface area contributed by atoms with Gasteiger partial charge in [0.05, 0.1) is 23.8 Å². The predicted molar refractivity (Wildman–Crippen MR) is 70.5 cm³/mol.